The van der Waals surface area contributed by atoms with Crippen LogP contribution in [0.1, 0.15) is 31.0 Å². The zero-order valence-electron chi connectivity index (χ0n) is 9.02. The summed E-state index contributed by atoms with van der Waals surface area (Å²) in [6, 6.07) is 6.04. The van der Waals surface area contributed by atoms with Gasteiger partial charge in [-0.2, -0.15) is 0 Å². The van der Waals surface area contributed by atoms with Crippen LogP contribution in [0.15, 0.2) is 24.4 Å². The number of nitrogens with two attached hydrogens (primary N) is 1. The molecule has 0 radical (unpaired) electrons. The fraction of sp³-hybridized carbons (Fsp3) is 0.583. The van der Waals surface area contributed by atoms with E-state index in [1.54, 1.807) is 0 Å². The molecule has 2 heterocycles. The van der Waals surface area contributed by atoms with Crippen molar-refractivity contribution in [1.29, 1.82) is 0 Å². The maximum absolute atomic E-state index is 6.14. The van der Waals surface area contributed by atoms with Crippen LogP contribution in [0, 0.1) is 5.92 Å². The average Bonchev–Trinajstić information content (AvgIpc) is 2.31. The van der Waals surface area contributed by atoms with Crippen LogP contribution in [0.4, 0.5) is 0 Å². The van der Waals surface area contributed by atoms with Crippen molar-refractivity contribution in [3.63, 3.8) is 0 Å². The predicted octanol–water partition coefficient (Wildman–Crippen LogP) is 1.47. The van der Waals surface area contributed by atoms with Crippen molar-refractivity contribution in [2.75, 3.05) is 13.1 Å². The first-order valence-electron chi connectivity index (χ1n) is 5.73. The van der Waals surface area contributed by atoms with Crippen LogP contribution in [0.2, 0.25) is 0 Å². The number of nitrogens with zero attached hydrogens (tertiary/aromatic N) is 1. The molecule has 15 heavy (non-hydrogen) atoms. The van der Waals surface area contributed by atoms with Gasteiger partial charge in [0.2, 0.25) is 0 Å². The van der Waals surface area contributed by atoms with Gasteiger partial charge in [-0.1, -0.05) is 6.07 Å². The van der Waals surface area contributed by atoms with Crippen molar-refractivity contribution in [3.05, 3.63) is 30.1 Å². The van der Waals surface area contributed by atoms with Crippen LogP contribution >= 0.6 is 0 Å². The van der Waals surface area contributed by atoms with Gasteiger partial charge in [0.05, 0.1) is 5.69 Å². The molecule has 0 bridgehead atoms. The van der Waals surface area contributed by atoms with Crippen LogP contribution in [0.5, 0.6) is 0 Å². The average molecular weight is 205 g/mol. The Balaban J connectivity index is 1.88. The largest absolute Gasteiger partial charge is 0.323 e. The van der Waals surface area contributed by atoms with Gasteiger partial charge in [-0.15, -0.1) is 0 Å². The highest BCUT2D eigenvalue weighted by Gasteiger charge is 2.17. The third-order valence-corrected chi connectivity index (χ3v) is 3.05. The van der Waals surface area contributed by atoms with E-state index in [1.165, 1.54) is 12.8 Å². The molecule has 0 saturated carbocycles. The fourth-order valence-corrected chi connectivity index (χ4v) is 2.20. The van der Waals surface area contributed by atoms with Gasteiger partial charge in [-0.25, -0.2) is 0 Å². The van der Waals surface area contributed by atoms with Crippen LogP contribution in [0.25, 0.3) is 0 Å². The molecular weight excluding hydrogens is 186 g/mol. The second-order valence-corrected chi connectivity index (χ2v) is 4.31. The van der Waals surface area contributed by atoms with Crippen LogP contribution < -0.4 is 11.1 Å². The maximum Gasteiger partial charge on any atom is 0.0571 e. The van der Waals surface area contributed by atoms with E-state index >= 15 is 0 Å². The first-order chi connectivity index (χ1) is 7.36. The Bertz CT molecular complexity index is 280. The van der Waals surface area contributed by atoms with Gasteiger partial charge in [0.1, 0.15) is 0 Å². The van der Waals surface area contributed by atoms with Gasteiger partial charge in [0.25, 0.3) is 0 Å². The number of rotatable bonds is 3. The molecule has 1 fully saturated rings. The highest BCUT2D eigenvalue weighted by Crippen LogP contribution is 2.21. The summed E-state index contributed by atoms with van der Waals surface area (Å²) in [5, 5.41) is 3.42. The SMILES string of the molecule is NC(CC1CCCNC1)c1ccccn1. The number of aromatic nitrogens is 1. The van der Waals surface area contributed by atoms with E-state index in [1.807, 2.05) is 24.4 Å². The molecule has 0 aliphatic carbocycles. The summed E-state index contributed by atoms with van der Waals surface area (Å²) in [5.41, 5.74) is 7.15. The van der Waals surface area contributed by atoms with E-state index in [-0.39, 0.29) is 6.04 Å². The third-order valence-electron chi connectivity index (χ3n) is 3.05. The van der Waals surface area contributed by atoms with Crippen molar-refractivity contribution in [3.8, 4) is 0 Å². The molecule has 2 atom stereocenters. The lowest BCUT2D eigenvalue weighted by Gasteiger charge is -2.25. The van der Waals surface area contributed by atoms with E-state index in [2.05, 4.69) is 10.3 Å². The fourth-order valence-electron chi connectivity index (χ4n) is 2.20. The summed E-state index contributed by atoms with van der Waals surface area (Å²) in [5.74, 6) is 0.718. The Labute approximate surface area is 91.1 Å². The summed E-state index contributed by atoms with van der Waals surface area (Å²) >= 11 is 0. The van der Waals surface area contributed by atoms with Crippen molar-refractivity contribution >= 4 is 0 Å². The van der Waals surface area contributed by atoms with Gasteiger partial charge in [0.15, 0.2) is 0 Å². The van der Waals surface area contributed by atoms with Gasteiger partial charge in [-0.3, -0.25) is 4.98 Å². The number of piperidine rings is 1. The molecule has 3 N–H and O–H groups in total. The van der Waals surface area contributed by atoms with Crippen LogP contribution in [0.3, 0.4) is 0 Å². The topological polar surface area (TPSA) is 50.9 Å². The van der Waals surface area contributed by atoms with E-state index in [0.29, 0.717) is 0 Å². The summed E-state index contributed by atoms with van der Waals surface area (Å²) in [7, 11) is 0. The van der Waals surface area contributed by atoms with Crippen molar-refractivity contribution in [1.82, 2.24) is 10.3 Å². The Morgan fingerprint density at radius 2 is 2.47 bits per heavy atom. The Hall–Kier alpha value is -0.930. The summed E-state index contributed by atoms with van der Waals surface area (Å²) < 4.78 is 0. The molecule has 1 aromatic heterocycles. The quantitative estimate of drug-likeness (QED) is 0.785. The Kier molecular flexibility index (Phi) is 3.69. The first-order valence-corrected chi connectivity index (χ1v) is 5.73. The molecular formula is C12H19N3. The number of hydrogen-bond acceptors (Lipinski definition) is 3. The predicted molar refractivity (Wildman–Crippen MR) is 61.4 cm³/mol. The van der Waals surface area contributed by atoms with Gasteiger partial charge in [-0.05, 0) is 50.4 Å². The molecule has 0 aromatic carbocycles. The first kappa shape index (κ1) is 10.6. The molecule has 1 saturated heterocycles. The second-order valence-electron chi connectivity index (χ2n) is 4.31. The minimum Gasteiger partial charge on any atom is -0.323 e. The summed E-state index contributed by atoms with van der Waals surface area (Å²) in [4.78, 5) is 4.30. The molecule has 0 spiro atoms. The van der Waals surface area contributed by atoms with E-state index < -0.39 is 0 Å². The van der Waals surface area contributed by atoms with Gasteiger partial charge in [0, 0.05) is 12.2 Å². The number of nitrogens with one attached hydrogen (secondary N) is 1. The lowest BCUT2D eigenvalue weighted by atomic mass is 9.91. The van der Waals surface area contributed by atoms with Gasteiger partial charge >= 0.3 is 0 Å². The molecule has 3 nitrogen and oxygen atoms in total. The highest BCUT2D eigenvalue weighted by atomic mass is 14.9. The Morgan fingerprint density at radius 1 is 1.53 bits per heavy atom. The van der Waals surface area contributed by atoms with Crippen molar-refractivity contribution in [2.45, 2.75) is 25.3 Å². The minimum atomic E-state index is 0.0936. The van der Waals surface area contributed by atoms with Crippen LogP contribution in [-0.4, -0.2) is 18.1 Å². The van der Waals surface area contributed by atoms with E-state index in [0.717, 1.165) is 31.1 Å². The minimum absolute atomic E-state index is 0.0936. The van der Waals surface area contributed by atoms with Crippen molar-refractivity contribution in [2.24, 2.45) is 11.7 Å². The molecule has 82 valence electrons. The monoisotopic (exact) mass is 205 g/mol. The highest BCUT2D eigenvalue weighted by molar-refractivity contribution is 5.08. The van der Waals surface area contributed by atoms with E-state index in [4.69, 9.17) is 5.73 Å². The lowest BCUT2D eigenvalue weighted by Crippen LogP contribution is -2.32. The summed E-state index contributed by atoms with van der Waals surface area (Å²) in [6.45, 7) is 2.27. The zero-order valence-corrected chi connectivity index (χ0v) is 9.02. The molecule has 1 aromatic rings. The van der Waals surface area contributed by atoms with Gasteiger partial charge < -0.3 is 11.1 Å². The molecule has 1 aliphatic heterocycles. The normalized spacial score (nSPS) is 23.7. The second kappa shape index (κ2) is 5.24. The molecule has 3 heteroatoms. The molecule has 2 unspecified atom stereocenters. The zero-order chi connectivity index (χ0) is 10.5. The van der Waals surface area contributed by atoms with E-state index in [9.17, 15) is 0 Å². The number of pyridine rings is 1. The lowest BCUT2D eigenvalue weighted by molar-refractivity contribution is 0.335. The standard InChI is InChI=1S/C12H19N3/c13-11(12-5-1-2-7-15-12)8-10-4-3-6-14-9-10/h1-2,5,7,10-11,14H,3-4,6,8-9,13H2. The number of hydrogen-bond donors (Lipinski definition) is 2. The summed E-state index contributed by atoms with van der Waals surface area (Å²) in [6.07, 6.45) is 5.44. The molecule has 2 rings (SSSR count). The smallest absolute Gasteiger partial charge is 0.0571 e. The third kappa shape index (κ3) is 3.01. The van der Waals surface area contributed by atoms with Crippen molar-refractivity contribution < 1.29 is 0 Å². The molecule has 0 amide bonds. The Morgan fingerprint density at radius 3 is 3.13 bits per heavy atom. The van der Waals surface area contributed by atoms with Crippen LogP contribution in [-0.2, 0) is 0 Å². The molecule has 1 aliphatic rings. The maximum atomic E-state index is 6.14.